The van der Waals surface area contributed by atoms with Gasteiger partial charge in [0.15, 0.2) is 0 Å². The van der Waals surface area contributed by atoms with Gasteiger partial charge in [-0.1, -0.05) is 48.0 Å². The lowest BCUT2D eigenvalue weighted by molar-refractivity contribution is 0.396. The number of nitrogens with one attached hydrogen (secondary N) is 1. The topological polar surface area (TPSA) is 12.0 Å². The van der Waals surface area contributed by atoms with E-state index in [0.717, 1.165) is 0 Å². The smallest absolute Gasteiger partial charge is 0.0355 e. The zero-order valence-corrected chi connectivity index (χ0v) is 12.6. The van der Waals surface area contributed by atoms with Crippen molar-refractivity contribution in [3.8, 4) is 0 Å². The van der Waals surface area contributed by atoms with Crippen LogP contribution in [0.25, 0.3) is 0 Å². The second kappa shape index (κ2) is 5.41. The third-order valence-electron chi connectivity index (χ3n) is 4.63. The van der Waals surface area contributed by atoms with Crippen molar-refractivity contribution in [2.75, 3.05) is 7.05 Å². The third kappa shape index (κ3) is 2.38. The van der Waals surface area contributed by atoms with Crippen LogP contribution >= 0.6 is 0 Å². The van der Waals surface area contributed by atoms with Crippen molar-refractivity contribution in [3.05, 3.63) is 70.3 Å². The third-order valence-corrected chi connectivity index (χ3v) is 4.63. The quantitative estimate of drug-likeness (QED) is 0.885. The van der Waals surface area contributed by atoms with Gasteiger partial charge in [-0.15, -0.1) is 0 Å². The van der Waals surface area contributed by atoms with Crippen LogP contribution in [0.2, 0.25) is 0 Å². The van der Waals surface area contributed by atoms with Gasteiger partial charge in [-0.25, -0.2) is 0 Å². The van der Waals surface area contributed by atoms with Gasteiger partial charge in [-0.05, 0) is 61.9 Å². The Morgan fingerprint density at radius 1 is 1.00 bits per heavy atom. The summed E-state index contributed by atoms with van der Waals surface area (Å²) in [5, 5.41) is 3.56. The summed E-state index contributed by atoms with van der Waals surface area (Å²) >= 11 is 0. The van der Waals surface area contributed by atoms with E-state index in [1.165, 1.54) is 40.7 Å². The molecule has 1 unspecified atom stereocenters. The van der Waals surface area contributed by atoms with Crippen LogP contribution in [0.1, 0.15) is 33.9 Å². The molecule has 0 amide bonds. The van der Waals surface area contributed by atoms with Crippen molar-refractivity contribution in [3.63, 3.8) is 0 Å². The zero-order chi connectivity index (χ0) is 14.1. The monoisotopic (exact) mass is 265 g/mol. The van der Waals surface area contributed by atoms with Crippen LogP contribution in [0.15, 0.2) is 42.5 Å². The van der Waals surface area contributed by atoms with Crippen molar-refractivity contribution < 1.29 is 0 Å². The van der Waals surface area contributed by atoms with Crippen molar-refractivity contribution in [2.45, 2.75) is 32.7 Å². The van der Waals surface area contributed by atoms with E-state index in [2.05, 4.69) is 68.7 Å². The van der Waals surface area contributed by atoms with Crippen LogP contribution < -0.4 is 5.32 Å². The molecule has 1 atom stereocenters. The number of rotatable bonds is 3. The SMILES string of the molecule is CNC(c1ccc(C)cc1C)C1Cc2ccccc2C1. The molecule has 104 valence electrons. The fourth-order valence-electron chi connectivity index (χ4n) is 3.65. The molecule has 1 N–H and O–H groups in total. The van der Waals surface area contributed by atoms with E-state index in [9.17, 15) is 0 Å². The maximum absolute atomic E-state index is 3.56. The van der Waals surface area contributed by atoms with E-state index in [-0.39, 0.29) is 0 Å². The molecule has 0 fully saturated rings. The molecule has 0 radical (unpaired) electrons. The van der Waals surface area contributed by atoms with E-state index in [4.69, 9.17) is 0 Å². The highest BCUT2D eigenvalue weighted by Gasteiger charge is 2.29. The van der Waals surface area contributed by atoms with Crippen LogP contribution in [0, 0.1) is 19.8 Å². The highest BCUT2D eigenvalue weighted by molar-refractivity contribution is 5.37. The first kappa shape index (κ1) is 13.4. The summed E-state index contributed by atoms with van der Waals surface area (Å²) < 4.78 is 0. The first-order valence-corrected chi connectivity index (χ1v) is 7.50. The van der Waals surface area contributed by atoms with Gasteiger partial charge < -0.3 is 5.32 Å². The van der Waals surface area contributed by atoms with E-state index >= 15 is 0 Å². The van der Waals surface area contributed by atoms with E-state index in [1.54, 1.807) is 0 Å². The fourth-order valence-corrected chi connectivity index (χ4v) is 3.65. The van der Waals surface area contributed by atoms with Crippen LogP contribution in [-0.2, 0) is 12.8 Å². The molecule has 20 heavy (non-hydrogen) atoms. The minimum atomic E-state index is 0.447. The average molecular weight is 265 g/mol. The van der Waals surface area contributed by atoms with Gasteiger partial charge in [0.2, 0.25) is 0 Å². The van der Waals surface area contributed by atoms with Crippen molar-refractivity contribution in [1.82, 2.24) is 5.32 Å². The summed E-state index contributed by atoms with van der Waals surface area (Å²) in [6.07, 6.45) is 2.38. The van der Waals surface area contributed by atoms with Crippen LogP contribution in [0.3, 0.4) is 0 Å². The molecular weight excluding hydrogens is 242 g/mol. The largest absolute Gasteiger partial charge is 0.313 e. The average Bonchev–Trinajstić information content (AvgIpc) is 2.85. The Balaban J connectivity index is 1.89. The standard InChI is InChI=1S/C19H23N/c1-13-8-9-18(14(2)10-13)19(20-3)17-11-15-6-4-5-7-16(15)12-17/h4-10,17,19-20H,11-12H2,1-3H3. The molecule has 0 heterocycles. The van der Waals surface area contributed by atoms with Crippen LogP contribution in [0.5, 0.6) is 0 Å². The summed E-state index contributed by atoms with van der Waals surface area (Å²) in [4.78, 5) is 0. The number of aryl methyl sites for hydroxylation is 2. The van der Waals surface area contributed by atoms with Gasteiger partial charge in [-0.3, -0.25) is 0 Å². The Kier molecular flexibility index (Phi) is 3.62. The second-order valence-electron chi connectivity index (χ2n) is 6.06. The number of hydrogen-bond donors (Lipinski definition) is 1. The first-order chi connectivity index (χ1) is 9.69. The maximum atomic E-state index is 3.56. The molecule has 0 saturated carbocycles. The van der Waals surface area contributed by atoms with Crippen LogP contribution in [0.4, 0.5) is 0 Å². The molecule has 0 bridgehead atoms. The van der Waals surface area contributed by atoms with Gasteiger partial charge >= 0.3 is 0 Å². The van der Waals surface area contributed by atoms with E-state index in [0.29, 0.717) is 12.0 Å². The van der Waals surface area contributed by atoms with Crippen molar-refractivity contribution in [2.24, 2.45) is 5.92 Å². The summed E-state index contributed by atoms with van der Waals surface area (Å²) in [5.74, 6) is 0.666. The number of benzene rings is 2. The molecule has 2 aromatic rings. The molecule has 1 aliphatic carbocycles. The fraction of sp³-hybridized carbons (Fsp3) is 0.368. The van der Waals surface area contributed by atoms with Crippen molar-refractivity contribution in [1.29, 1.82) is 0 Å². The molecule has 1 aliphatic rings. The highest BCUT2D eigenvalue weighted by atomic mass is 14.9. The Morgan fingerprint density at radius 2 is 1.65 bits per heavy atom. The Hall–Kier alpha value is -1.60. The van der Waals surface area contributed by atoms with E-state index in [1.807, 2.05) is 0 Å². The normalized spacial score (nSPS) is 16.1. The molecule has 0 aliphatic heterocycles. The Bertz CT molecular complexity index is 590. The Labute approximate surface area is 122 Å². The minimum Gasteiger partial charge on any atom is -0.313 e. The van der Waals surface area contributed by atoms with Crippen LogP contribution in [-0.4, -0.2) is 7.05 Å². The summed E-state index contributed by atoms with van der Waals surface area (Å²) in [6, 6.07) is 16.2. The summed E-state index contributed by atoms with van der Waals surface area (Å²) in [5.41, 5.74) is 7.26. The zero-order valence-electron chi connectivity index (χ0n) is 12.6. The van der Waals surface area contributed by atoms with Gasteiger partial charge in [0.25, 0.3) is 0 Å². The van der Waals surface area contributed by atoms with Gasteiger partial charge in [0.05, 0.1) is 0 Å². The van der Waals surface area contributed by atoms with Crippen molar-refractivity contribution >= 4 is 0 Å². The Morgan fingerprint density at radius 3 is 2.20 bits per heavy atom. The number of hydrogen-bond acceptors (Lipinski definition) is 1. The number of fused-ring (bicyclic) bond motifs is 1. The lowest BCUT2D eigenvalue weighted by Gasteiger charge is -2.25. The second-order valence-corrected chi connectivity index (χ2v) is 6.06. The van der Waals surface area contributed by atoms with Gasteiger partial charge in [0.1, 0.15) is 0 Å². The molecular formula is C19H23N. The molecule has 0 saturated heterocycles. The molecule has 1 heteroatoms. The predicted octanol–water partition coefficient (Wildman–Crippen LogP) is 3.98. The molecule has 2 aromatic carbocycles. The molecule has 1 nitrogen and oxygen atoms in total. The minimum absolute atomic E-state index is 0.447. The predicted molar refractivity (Wildman–Crippen MR) is 85.1 cm³/mol. The lowest BCUT2D eigenvalue weighted by atomic mass is 9.88. The van der Waals surface area contributed by atoms with E-state index < -0.39 is 0 Å². The first-order valence-electron chi connectivity index (χ1n) is 7.50. The summed E-state index contributed by atoms with van der Waals surface area (Å²) in [6.45, 7) is 4.39. The molecule has 0 spiro atoms. The highest BCUT2D eigenvalue weighted by Crippen LogP contribution is 2.36. The maximum Gasteiger partial charge on any atom is 0.0355 e. The van der Waals surface area contributed by atoms with Gasteiger partial charge in [-0.2, -0.15) is 0 Å². The lowest BCUT2D eigenvalue weighted by Crippen LogP contribution is -2.26. The molecule has 3 rings (SSSR count). The summed E-state index contributed by atoms with van der Waals surface area (Å²) in [7, 11) is 2.09. The van der Waals surface area contributed by atoms with Gasteiger partial charge in [0, 0.05) is 6.04 Å². The molecule has 0 aromatic heterocycles.